The van der Waals surface area contributed by atoms with Gasteiger partial charge in [0.15, 0.2) is 0 Å². The van der Waals surface area contributed by atoms with Crippen molar-refractivity contribution < 1.29 is 14.7 Å². The molecule has 2 aliphatic rings. The molecule has 2 aromatic heterocycles. The lowest BCUT2D eigenvalue weighted by molar-refractivity contribution is -0.0578. The summed E-state index contributed by atoms with van der Waals surface area (Å²) in [6.45, 7) is 8.51. The lowest BCUT2D eigenvalue weighted by atomic mass is 10.0. The quantitative estimate of drug-likeness (QED) is 0.463. The van der Waals surface area contributed by atoms with Gasteiger partial charge in [-0.3, -0.25) is 5.21 Å². The first-order valence-electron chi connectivity index (χ1n) is 8.67. The van der Waals surface area contributed by atoms with Gasteiger partial charge in [0.05, 0.1) is 22.6 Å². The van der Waals surface area contributed by atoms with Crippen LogP contribution in [0.2, 0.25) is 25.7 Å². The first-order valence-corrected chi connectivity index (χ1v) is 13.3. The molecule has 0 spiro atoms. The number of rotatable bonds is 6. The number of nitrogens with zero attached hydrogens (tertiary/aromatic N) is 5. The number of hydrogen-bond donors (Lipinski definition) is 1. The molecule has 4 rings (SSSR count). The summed E-state index contributed by atoms with van der Waals surface area (Å²) in [7, 11) is -1.14. The van der Waals surface area contributed by atoms with E-state index in [1.54, 1.807) is 16.6 Å². The summed E-state index contributed by atoms with van der Waals surface area (Å²) < 4.78 is 7.78. The van der Waals surface area contributed by atoms with Crippen LogP contribution in [0.3, 0.4) is 0 Å². The highest BCUT2D eigenvalue weighted by Crippen LogP contribution is 2.46. The van der Waals surface area contributed by atoms with E-state index >= 15 is 0 Å². The number of hydroxylamine groups is 2. The van der Waals surface area contributed by atoms with Crippen molar-refractivity contribution in [2.75, 3.05) is 13.2 Å². The fourth-order valence-electron chi connectivity index (χ4n) is 3.36. The Bertz CT molecular complexity index is 817. The van der Waals surface area contributed by atoms with Crippen molar-refractivity contribution in [2.45, 2.75) is 44.5 Å². The second-order valence-corrected chi connectivity index (χ2v) is 14.4. The predicted molar refractivity (Wildman–Crippen MR) is 98.8 cm³/mol. The Hall–Kier alpha value is -1.75. The van der Waals surface area contributed by atoms with Crippen LogP contribution < -0.4 is 0 Å². The van der Waals surface area contributed by atoms with Crippen LogP contribution in [0.4, 0.5) is 4.79 Å². The molecular weight excluding hydrogens is 370 g/mol. The van der Waals surface area contributed by atoms with Gasteiger partial charge in [0.1, 0.15) is 24.6 Å². The Morgan fingerprint density at radius 1 is 1.38 bits per heavy atom. The van der Waals surface area contributed by atoms with Crippen LogP contribution in [0, 0.1) is 0 Å². The Balaban J connectivity index is 1.57. The Morgan fingerprint density at radius 2 is 2.19 bits per heavy atom. The largest absolute Gasteiger partial charge is 0.361 e. The van der Waals surface area contributed by atoms with Gasteiger partial charge < -0.3 is 14.2 Å². The van der Waals surface area contributed by atoms with E-state index in [2.05, 4.69) is 29.6 Å². The van der Waals surface area contributed by atoms with Crippen molar-refractivity contribution in [1.82, 2.24) is 24.5 Å². The van der Waals surface area contributed by atoms with Gasteiger partial charge in [-0.05, 0) is 6.04 Å². The maximum atomic E-state index is 12.5. The zero-order chi connectivity index (χ0) is 18.5. The number of ether oxygens (including phenoxy) is 1. The van der Waals surface area contributed by atoms with E-state index in [-0.39, 0.29) is 6.04 Å². The minimum atomic E-state index is -1.14. The standard InChI is InChI=1S/C16H23N5O3SSi/c1-26(2,3)7-6-24-10-19-5-4-17-15(19)13-12-14(25-9-18-12)11-8-20(13)16(22)21(11)23/h4-5,9,11,13,23H,6-8,10H2,1-3H3/t11-,13?/m0/s1. The van der Waals surface area contributed by atoms with Crippen molar-refractivity contribution in [3.8, 4) is 0 Å². The maximum Gasteiger partial charge on any atom is 0.345 e. The third-order valence-corrected chi connectivity index (χ3v) is 7.47. The van der Waals surface area contributed by atoms with E-state index < -0.39 is 20.1 Å². The van der Waals surface area contributed by atoms with Crippen molar-refractivity contribution in [3.05, 3.63) is 34.3 Å². The maximum absolute atomic E-state index is 12.5. The Morgan fingerprint density at radius 3 is 2.96 bits per heavy atom. The Kier molecular flexibility index (Phi) is 4.38. The highest BCUT2D eigenvalue weighted by Gasteiger charge is 2.50. The molecule has 0 aliphatic carbocycles. The van der Waals surface area contributed by atoms with Gasteiger partial charge in [0.25, 0.3) is 0 Å². The average molecular weight is 394 g/mol. The van der Waals surface area contributed by atoms with Crippen molar-refractivity contribution >= 4 is 25.4 Å². The molecule has 2 aromatic rings. The number of aromatic nitrogens is 3. The smallest absolute Gasteiger partial charge is 0.345 e. The summed E-state index contributed by atoms with van der Waals surface area (Å²) in [4.78, 5) is 24.0. The number of carbonyl (C=O) groups excluding carboxylic acids is 1. The second kappa shape index (κ2) is 6.45. The van der Waals surface area contributed by atoms with Crippen LogP contribution in [0.15, 0.2) is 17.9 Å². The molecule has 1 N–H and O–H groups in total. The summed E-state index contributed by atoms with van der Waals surface area (Å²) in [5.74, 6) is 0.715. The first kappa shape index (κ1) is 17.7. The molecule has 140 valence electrons. The molecule has 10 heteroatoms. The number of fused-ring (bicyclic) bond motifs is 4. The van der Waals surface area contributed by atoms with Crippen LogP contribution in [-0.2, 0) is 11.5 Å². The molecule has 2 amide bonds. The highest BCUT2D eigenvalue weighted by molar-refractivity contribution is 7.09. The lowest BCUT2D eigenvalue weighted by Crippen LogP contribution is -2.36. The molecule has 1 unspecified atom stereocenters. The molecular formula is C16H23N5O3SSi. The zero-order valence-corrected chi connectivity index (χ0v) is 16.9. The minimum Gasteiger partial charge on any atom is -0.361 e. The van der Waals surface area contributed by atoms with Crippen LogP contribution in [-0.4, -0.2) is 57.0 Å². The molecule has 26 heavy (non-hydrogen) atoms. The molecule has 0 saturated carbocycles. The van der Waals surface area contributed by atoms with Crippen LogP contribution in [0.1, 0.15) is 28.5 Å². The number of imidazole rings is 1. The third kappa shape index (κ3) is 2.96. The topological polar surface area (TPSA) is 83.7 Å². The van der Waals surface area contributed by atoms with Gasteiger partial charge >= 0.3 is 6.03 Å². The first-order chi connectivity index (χ1) is 12.4. The Labute approximate surface area is 157 Å². The molecule has 2 atom stereocenters. The normalized spacial score (nSPS) is 22.2. The average Bonchev–Trinajstić information content (AvgIpc) is 3.28. The number of amides is 2. The zero-order valence-electron chi connectivity index (χ0n) is 15.1. The summed E-state index contributed by atoms with van der Waals surface area (Å²) in [6, 6.07) is -0.0348. The number of urea groups is 1. The summed E-state index contributed by atoms with van der Waals surface area (Å²) in [5, 5.41) is 11.0. The SMILES string of the molecule is C[Si](C)(C)CCOCn1ccnc1C1c2ncsc2[C@@H]2CN1C(=O)N2O. The molecule has 2 aliphatic heterocycles. The fraction of sp³-hybridized carbons (Fsp3) is 0.562. The summed E-state index contributed by atoms with van der Waals surface area (Å²) in [5.41, 5.74) is 2.56. The number of carbonyl (C=O) groups is 1. The van der Waals surface area contributed by atoms with Crippen LogP contribution in [0.5, 0.6) is 0 Å². The summed E-state index contributed by atoms with van der Waals surface area (Å²) >= 11 is 1.47. The highest BCUT2D eigenvalue weighted by atomic mass is 32.1. The van der Waals surface area contributed by atoms with Gasteiger partial charge in [-0.2, -0.15) is 5.06 Å². The molecule has 0 radical (unpaired) electrons. The lowest BCUT2D eigenvalue weighted by Gasteiger charge is -2.29. The molecule has 0 aromatic carbocycles. The third-order valence-electron chi connectivity index (χ3n) is 4.82. The van der Waals surface area contributed by atoms with E-state index in [9.17, 15) is 10.0 Å². The van der Waals surface area contributed by atoms with Crippen molar-refractivity contribution in [2.24, 2.45) is 0 Å². The molecule has 2 bridgehead atoms. The number of thiazole rings is 1. The summed E-state index contributed by atoms with van der Waals surface area (Å²) in [6.07, 6.45) is 3.58. The van der Waals surface area contributed by atoms with E-state index in [1.165, 1.54) is 11.3 Å². The molecule has 4 heterocycles. The second-order valence-electron chi connectivity index (χ2n) is 7.90. The number of hydrogen-bond acceptors (Lipinski definition) is 6. The fourth-order valence-corrected chi connectivity index (χ4v) is 5.02. The molecule has 1 fully saturated rings. The molecule has 8 nitrogen and oxygen atoms in total. The van der Waals surface area contributed by atoms with Gasteiger partial charge in [-0.15, -0.1) is 11.3 Å². The van der Waals surface area contributed by atoms with Gasteiger partial charge in [-0.25, -0.2) is 14.8 Å². The van der Waals surface area contributed by atoms with E-state index in [0.717, 1.165) is 28.3 Å². The minimum absolute atomic E-state index is 0.336. The van der Waals surface area contributed by atoms with E-state index in [4.69, 9.17) is 4.74 Å². The van der Waals surface area contributed by atoms with Gasteiger partial charge in [0.2, 0.25) is 0 Å². The molecule has 1 saturated heterocycles. The van der Waals surface area contributed by atoms with Gasteiger partial charge in [-0.1, -0.05) is 19.6 Å². The predicted octanol–water partition coefficient (Wildman–Crippen LogP) is 2.92. The monoisotopic (exact) mass is 393 g/mol. The van der Waals surface area contributed by atoms with Crippen LogP contribution in [0.25, 0.3) is 0 Å². The van der Waals surface area contributed by atoms with Crippen LogP contribution >= 0.6 is 11.3 Å². The van der Waals surface area contributed by atoms with Crippen molar-refractivity contribution in [3.63, 3.8) is 0 Å². The van der Waals surface area contributed by atoms with Gasteiger partial charge in [0, 0.05) is 27.1 Å². The van der Waals surface area contributed by atoms with E-state index in [1.807, 2.05) is 10.8 Å². The van der Waals surface area contributed by atoms with E-state index in [0.29, 0.717) is 19.1 Å². The van der Waals surface area contributed by atoms with Crippen molar-refractivity contribution in [1.29, 1.82) is 0 Å².